The molecule has 0 bridgehead atoms. The van der Waals surface area contributed by atoms with Gasteiger partial charge in [-0.1, -0.05) is 30.2 Å². The summed E-state index contributed by atoms with van der Waals surface area (Å²) in [6.07, 6.45) is 6.47. The van der Waals surface area contributed by atoms with Crippen LogP contribution in [-0.2, 0) is 9.53 Å². The predicted molar refractivity (Wildman–Crippen MR) is 115 cm³/mol. The number of anilines is 1. The first-order chi connectivity index (χ1) is 15.8. The third-order valence-electron chi connectivity index (χ3n) is 4.83. The summed E-state index contributed by atoms with van der Waals surface area (Å²) in [4.78, 5) is 29.1. The third kappa shape index (κ3) is 5.49. The lowest BCUT2D eigenvalue weighted by Gasteiger charge is -2.28. The van der Waals surface area contributed by atoms with Crippen molar-refractivity contribution in [3.05, 3.63) is 95.1 Å². The van der Waals surface area contributed by atoms with Gasteiger partial charge in [-0.25, -0.2) is 18.0 Å². The Balaban J connectivity index is 2.09. The smallest absolute Gasteiger partial charge is 0.407 e. The van der Waals surface area contributed by atoms with E-state index in [4.69, 9.17) is 6.42 Å². The average Bonchev–Trinajstić information content (AvgIpc) is 2.81. The van der Waals surface area contributed by atoms with Crippen molar-refractivity contribution in [3.8, 4) is 12.3 Å². The van der Waals surface area contributed by atoms with Gasteiger partial charge in [-0.3, -0.25) is 9.78 Å². The number of alkyl carbamates (subject to hydrolysis) is 1. The number of terminal acetylenes is 1. The van der Waals surface area contributed by atoms with Crippen LogP contribution in [0.3, 0.4) is 0 Å². The number of benzene rings is 2. The fourth-order valence-electron chi connectivity index (χ4n) is 3.29. The topological polar surface area (TPSA) is 80.3 Å². The van der Waals surface area contributed by atoms with Gasteiger partial charge in [0.25, 0.3) is 0 Å². The van der Waals surface area contributed by atoms with Crippen LogP contribution >= 0.6 is 0 Å². The summed E-state index contributed by atoms with van der Waals surface area (Å²) in [6, 6.07) is 9.12. The fourth-order valence-corrected chi connectivity index (χ4v) is 3.29. The van der Waals surface area contributed by atoms with E-state index in [1.165, 1.54) is 48.5 Å². The Labute approximate surface area is 187 Å². The highest BCUT2D eigenvalue weighted by Gasteiger charge is 2.33. The first-order valence-corrected chi connectivity index (χ1v) is 9.60. The molecule has 0 fully saturated rings. The van der Waals surface area contributed by atoms with Crippen LogP contribution < -0.4 is 10.6 Å². The molecule has 3 aromatic rings. The first-order valence-electron chi connectivity index (χ1n) is 9.60. The maximum absolute atomic E-state index is 14.0. The Morgan fingerprint density at radius 1 is 0.970 bits per heavy atom. The molecular weight excluding hydrogens is 435 g/mol. The van der Waals surface area contributed by atoms with Crippen molar-refractivity contribution < 1.29 is 27.5 Å². The van der Waals surface area contributed by atoms with Gasteiger partial charge in [-0.2, -0.15) is 0 Å². The molecule has 0 aliphatic heterocycles. The molecule has 0 radical (unpaired) electrons. The lowest BCUT2D eigenvalue weighted by atomic mass is 9.84. The van der Waals surface area contributed by atoms with Crippen molar-refractivity contribution in [2.24, 2.45) is 0 Å². The minimum atomic E-state index is -1.35. The maximum atomic E-state index is 14.0. The molecule has 0 aliphatic rings. The van der Waals surface area contributed by atoms with E-state index >= 15 is 0 Å². The number of pyridine rings is 1. The molecule has 6 nitrogen and oxygen atoms in total. The van der Waals surface area contributed by atoms with Gasteiger partial charge >= 0.3 is 6.09 Å². The number of carbonyl (C=O) groups is 2. The van der Waals surface area contributed by atoms with Crippen molar-refractivity contribution in [1.82, 2.24) is 10.3 Å². The molecule has 168 valence electrons. The Morgan fingerprint density at radius 2 is 1.52 bits per heavy atom. The molecule has 0 saturated carbocycles. The quantitative estimate of drug-likeness (QED) is 0.554. The van der Waals surface area contributed by atoms with Gasteiger partial charge in [0.2, 0.25) is 5.91 Å². The van der Waals surface area contributed by atoms with E-state index in [0.29, 0.717) is 11.1 Å². The highest BCUT2D eigenvalue weighted by molar-refractivity contribution is 5.98. The van der Waals surface area contributed by atoms with Gasteiger partial charge in [0.15, 0.2) is 5.82 Å². The molecule has 3 rings (SSSR count). The molecule has 9 heteroatoms. The highest BCUT2D eigenvalue weighted by atomic mass is 19.1. The second kappa shape index (κ2) is 10.3. The third-order valence-corrected chi connectivity index (χ3v) is 4.83. The Bertz CT molecular complexity index is 1150. The molecule has 2 aromatic carbocycles. The number of amides is 2. The zero-order valence-electron chi connectivity index (χ0n) is 17.3. The number of hydrogen-bond donors (Lipinski definition) is 2. The molecule has 1 aromatic heterocycles. The zero-order chi connectivity index (χ0) is 24.0. The summed E-state index contributed by atoms with van der Waals surface area (Å²) >= 11 is 0. The van der Waals surface area contributed by atoms with Gasteiger partial charge in [-0.05, 0) is 35.4 Å². The molecule has 0 aliphatic carbocycles. The predicted octanol–water partition coefficient (Wildman–Crippen LogP) is 3.98. The number of ether oxygens (including phenoxy) is 1. The molecule has 0 spiro atoms. The van der Waals surface area contributed by atoms with E-state index in [1.807, 2.05) is 0 Å². The van der Waals surface area contributed by atoms with Crippen molar-refractivity contribution >= 4 is 17.7 Å². The summed E-state index contributed by atoms with van der Waals surface area (Å²) in [7, 11) is 1.11. The van der Waals surface area contributed by atoms with Crippen LogP contribution in [0.15, 0.2) is 60.9 Å². The normalized spacial score (nSPS) is 11.4. The SMILES string of the molecule is C#Cc1c(F)cncc1NC(=O)C(NC(=O)OC)C(c1ccc(F)cc1)c1ccc(F)cc1. The van der Waals surface area contributed by atoms with E-state index in [-0.39, 0.29) is 11.3 Å². The summed E-state index contributed by atoms with van der Waals surface area (Å²) in [5, 5.41) is 4.91. The number of nitrogens with one attached hydrogen (secondary N) is 2. The van der Waals surface area contributed by atoms with Crippen LogP contribution in [0.1, 0.15) is 22.6 Å². The second-order valence-corrected chi connectivity index (χ2v) is 6.87. The second-order valence-electron chi connectivity index (χ2n) is 6.87. The number of carbonyl (C=O) groups excluding carboxylic acids is 2. The Hall–Kier alpha value is -4.32. The van der Waals surface area contributed by atoms with Crippen LogP contribution in [0.4, 0.5) is 23.7 Å². The largest absolute Gasteiger partial charge is 0.453 e. The number of nitrogens with zero attached hydrogens (tertiary/aromatic N) is 1. The minimum absolute atomic E-state index is 0.0869. The molecule has 0 saturated heterocycles. The van der Waals surface area contributed by atoms with Gasteiger partial charge in [0.05, 0.1) is 30.8 Å². The van der Waals surface area contributed by atoms with Crippen LogP contribution in [0.25, 0.3) is 0 Å². The standard InChI is InChI=1S/C24H18F3N3O3/c1-3-18-19(27)12-28-13-20(18)29-23(31)22(30-24(32)33-2)21(14-4-8-16(25)9-5-14)15-6-10-17(26)11-7-15/h1,4-13,21-22H,2H3,(H,29,31)(H,30,32). The number of rotatable bonds is 6. The molecular formula is C24H18F3N3O3. The average molecular weight is 453 g/mol. The van der Waals surface area contributed by atoms with E-state index in [0.717, 1.165) is 19.5 Å². The molecule has 1 unspecified atom stereocenters. The number of methoxy groups -OCH3 is 1. The van der Waals surface area contributed by atoms with Gasteiger partial charge in [-0.15, -0.1) is 6.42 Å². The lowest BCUT2D eigenvalue weighted by Crippen LogP contribution is -2.48. The van der Waals surface area contributed by atoms with Gasteiger partial charge < -0.3 is 15.4 Å². The van der Waals surface area contributed by atoms with Crippen molar-refractivity contribution in [2.45, 2.75) is 12.0 Å². The van der Waals surface area contributed by atoms with Crippen molar-refractivity contribution in [3.63, 3.8) is 0 Å². The molecule has 1 heterocycles. The van der Waals surface area contributed by atoms with Gasteiger partial charge in [0.1, 0.15) is 17.7 Å². The number of aromatic nitrogens is 1. The monoisotopic (exact) mass is 453 g/mol. The van der Waals surface area contributed by atoms with Crippen molar-refractivity contribution in [1.29, 1.82) is 0 Å². The minimum Gasteiger partial charge on any atom is -0.453 e. The summed E-state index contributed by atoms with van der Waals surface area (Å²) in [5.74, 6) is -1.39. The summed E-state index contributed by atoms with van der Waals surface area (Å²) < 4.78 is 45.8. The van der Waals surface area contributed by atoms with Crippen LogP contribution in [-0.4, -0.2) is 30.1 Å². The molecule has 1 atom stereocenters. The molecule has 33 heavy (non-hydrogen) atoms. The van der Waals surface area contributed by atoms with Crippen molar-refractivity contribution in [2.75, 3.05) is 12.4 Å². The van der Waals surface area contributed by atoms with Crippen LogP contribution in [0.5, 0.6) is 0 Å². The lowest BCUT2D eigenvalue weighted by molar-refractivity contribution is -0.118. The summed E-state index contributed by atoms with van der Waals surface area (Å²) in [6.45, 7) is 0. The molecule has 2 N–H and O–H groups in total. The van der Waals surface area contributed by atoms with E-state index < -0.39 is 41.4 Å². The number of halogens is 3. The Kier molecular flexibility index (Phi) is 7.31. The highest BCUT2D eigenvalue weighted by Crippen LogP contribution is 2.30. The van der Waals surface area contributed by atoms with Gasteiger partial charge in [0, 0.05) is 5.92 Å². The summed E-state index contributed by atoms with van der Waals surface area (Å²) in [5.41, 5.74) is 0.564. The van der Waals surface area contributed by atoms with E-state index in [9.17, 15) is 22.8 Å². The molecule has 2 amide bonds. The number of hydrogen-bond acceptors (Lipinski definition) is 4. The van der Waals surface area contributed by atoms with Crippen LogP contribution in [0, 0.1) is 29.8 Å². The fraction of sp³-hybridized carbons (Fsp3) is 0.125. The maximum Gasteiger partial charge on any atom is 0.407 e. The zero-order valence-corrected chi connectivity index (χ0v) is 17.3. The van der Waals surface area contributed by atoms with E-state index in [2.05, 4.69) is 26.3 Å². The first kappa shape index (κ1) is 23.3. The van der Waals surface area contributed by atoms with E-state index in [1.54, 1.807) is 0 Å². The Morgan fingerprint density at radius 3 is 2.00 bits per heavy atom. The van der Waals surface area contributed by atoms with Crippen LogP contribution in [0.2, 0.25) is 0 Å².